The summed E-state index contributed by atoms with van der Waals surface area (Å²) in [6.07, 6.45) is 0. The van der Waals surface area contributed by atoms with Crippen molar-refractivity contribution in [3.63, 3.8) is 0 Å². The Bertz CT molecular complexity index is 737. The van der Waals surface area contributed by atoms with Crippen LogP contribution in [0.5, 0.6) is 0 Å². The molecule has 0 atom stereocenters. The van der Waals surface area contributed by atoms with Crippen molar-refractivity contribution in [2.45, 2.75) is 6.92 Å². The molecule has 0 aliphatic rings. The molecule has 0 radical (unpaired) electrons. The molecule has 1 heterocycles. The number of hydrogen-bond acceptors (Lipinski definition) is 4. The fourth-order valence-corrected chi connectivity index (χ4v) is 2.10. The van der Waals surface area contributed by atoms with Crippen LogP contribution in [0.1, 0.15) is 5.69 Å². The van der Waals surface area contributed by atoms with Crippen LogP contribution < -0.4 is 11.3 Å². The van der Waals surface area contributed by atoms with Gasteiger partial charge in [-0.05, 0) is 23.8 Å². The molecule has 3 aromatic rings. The normalized spacial score (nSPS) is 10.6. The van der Waals surface area contributed by atoms with E-state index in [1.54, 1.807) is 0 Å². The van der Waals surface area contributed by atoms with E-state index in [1.165, 1.54) is 10.8 Å². The highest BCUT2D eigenvalue weighted by Crippen LogP contribution is 2.23. The number of rotatable bonds is 2. The second kappa shape index (κ2) is 4.66. The summed E-state index contributed by atoms with van der Waals surface area (Å²) in [6, 6.07) is 16.2. The van der Waals surface area contributed by atoms with E-state index in [-0.39, 0.29) is 0 Å². The minimum atomic E-state index is 0.621. The molecule has 3 rings (SSSR count). The number of benzene rings is 2. The zero-order valence-electron chi connectivity index (χ0n) is 10.6. The van der Waals surface area contributed by atoms with Gasteiger partial charge in [-0.1, -0.05) is 36.4 Å². The van der Waals surface area contributed by atoms with Gasteiger partial charge in [-0.25, -0.2) is 15.8 Å². The summed E-state index contributed by atoms with van der Waals surface area (Å²) in [5.41, 5.74) is 4.43. The molecule has 0 amide bonds. The van der Waals surface area contributed by atoms with Crippen molar-refractivity contribution in [1.82, 2.24) is 9.97 Å². The van der Waals surface area contributed by atoms with Crippen molar-refractivity contribution in [2.75, 3.05) is 5.43 Å². The minimum absolute atomic E-state index is 0.621. The second-order valence-corrected chi connectivity index (χ2v) is 4.42. The van der Waals surface area contributed by atoms with Gasteiger partial charge in [0.15, 0.2) is 5.82 Å². The van der Waals surface area contributed by atoms with Crippen LogP contribution in [0.15, 0.2) is 48.5 Å². The largest absolute Gasteiger partial charge is 0.308 e. The second-order valence-electron chi connectivity index (χ2n) is 4.42. The van der Waals surface area contributed by atoms with Gasteiger partial charge < -0.3 is 5.43 Å². The van der Waals surface area contributed by atoms with Crippen LogP contribution in [-0.4, -0.2) is 9.97 Å². The molecule has 0 saturated carbocycles. The number of nitrogens with two attached hydrogens (primary N) is 1. The van der Waals surface area contributed by atoms with E-state index in [0.717, 1.165) is 11.3 Å². The van der Waals surface area contributed by atoms with E-state index in [1.807, 2.05) is 31.2 Å². The first kappa shape index (κ1) is 11.6. The predicted molar refractivity (Wildman–Crippen MR) is 77.5 cm³/mol. The Balaban J connectivity index is 2.15. The summed E-state index contributed by atoms with van der Waals surface area (Å²) in [4.78, 5) is 8.83. The van der Waals surface area contributed by atoms with Crippen LogP contribution in [-0.2, 0) is 0 Å². The van der Waals surface area contributed by atoms with E-state index < -0.39 is 0 Å². The SMILES string of the molecule is Cc1cc(NN)nc(-c2ccc3ccccc3c2)n1. The first-order valence-corrected chi connectivity index (χ1v) is 6.08. The third-order valence-corrected chi connectivity index (χ3v) is 3.01. The molecule has 0 aliphatic heterocycles. The highest BCUT2D eigenvalue weighted by molar-refractivity contribution is 5.86. The average Bonchev–Trinajstić information content (AvgIpc) is 2.46. The van der Waals surface area contributed by atoms with Crippen molar-refractivity contribution in [3.05, 3.63) is 54.2 Å². The molecule has 3 N–H and O–H groups in total. The molecule has 0 fully saturated rings. The first-order chi connectivity index (χ1) is 9.26. The lowest BCUT2D eigenvalue weighted by atomic mass is 10.1. The van der Waals surface area contributed by atoms with Crippen molar-refractivity contribution in [3.8, 4) is 11.4 Å². The maximum Gasteiger partial charge on any atom is 0.161 e. The standard InChI is InChI=1S/C15H14N4/c1-10-8-14(19-16)18-15(17-10)13-7-6-11-4-2-3-5-12(11)9-13/h2-9H,16H2,1H3,(H,17,18,19). The Morgan fingerprint density at radius 2 is 1.74 bits per heavy atom. The Kier molecular flexibility index (Phi) is 2.85. The fourth-order valence-electron chi connectivity index (χ4n) is 2.10. The van der Waals surface area contributed by atoms with Crippen LogP contribution in [0.25, 0.3) is 22.2 Å². The van der Waals surface area contributed by atoms with E-state index in [4.69, 9.17) is 5.84 Å². The lowest BCUT2D eigenvalue weighted by Crippen LogP contribution is -2.09. The molecule has 2 aromatic carbocycles. The summed E-state index contributed by atoms with van der Waals surface area (Å²) in [7, 11) is 0. The maximum absolute atomic E-state index is 5.42. The molecule has 0 spiro atoms. The number of anilines is 1. The van der Waals surface area contributed by atoms with E-state index >= 15 is 0 Å². The number of hydrazine groups is 1. The molecule has 4 nitrogen and oxygen atoms in total. The van der Waals surface area contributed by atoms with Crippen molar-refractivity contribution in [1.29, 1.82) is 0 Å². The zero-order chi connectivity index (χ0) is 13.2. The number of hydrogen-bond donors (Lipinski definition) is 2. The van der Waals surface area contributed by atoms with Gasteiger partial charge in [-0.15, -0.1) is 0 Å². The molecular weight excluding hydrogens is 236 g/mol. The molecule has 1 aromatic heterocycles. The van der Waals surface area contributed by atoms with E-state index in [2.05, 4.69) is 39.7 Å². The lowest BCUT2D eigenvalue weighted by Gasteiger charge is -2.06. The summed E-state index contributed by atoms with van der Waals surface area (Å²) in [6.45, 7) is 1.92. The highest BCUT2D eigenvalue weighted by atomic mass is 15.3. The van der Waals surface area contributed by atoms with Crippen LogP contribution >= 0.6 is 0 Å². The smallest absolute Gasteiger partial charge is 0.161 e. The van der Waals surface area contributed by atoms with Gasteiger partial charge in [-0.2, -0.15) is 0 Å². The maximum atomic E-state index is 5.42. The van der Waals surface area contributed by atoms with Gasteiger partial charge in [0, 0.05) is 17.3 Å². The third-order valence-electron chi connectivity index (χ3n) is 3.01. The third kappa shape index (κ3) is 2.26. The highest BCUT2D eigenvalue weighted by Gasteiger charge is 2.05. The van der Waals surface area contributed by atoms with Crippen LogP contribution in [0.4, 0.5) is 5.82 Å². The first-order valence-electron chi connectivity index (χ1n) is 6.08. The molecular formula is C15H14N4. The minimum Gasteiger partial charge on any atom is -0.308 e. The Morgan fingerprint density at radius 1 is 0.947 bits per heavy atom. The summed E-state index contributed by atoms with van der Waals surface area (Å²) >= 11 is 0. The van der Waals surface area contributed by atoms with Gasteiger partial charge in [-0.3, -0.25) is 0 Å². The summed E-state index contributed by atoms with van der Waals surface area (Å²) in [5, 5.41) is 2.38. The van der Waals surface area contributed by atoms with Gasteiger partial charge >= 0.3 is 0 Å². The van der Waals surface area contributed by atoms with Crippen LogP contribution in [0.3, 0.4) is 0 Å². The number of nitrogen functional groups attached to an aromatic ring is 1. The number of aryl methyl sites for hydroxylation is 1. The monoisotopic (exact) mass is 250 g/mol. The fraction of sp³-hybridized carbons (Fsp3) is 0.0667. The predicted octanol–water partition coefficient (Wildman–Crippen LogP) is 2.89. The van der Waals surface area contributed by atoms with Gasteiger partial charge in [0.1, 0.15) is 5.82 Å². The van der Waals surface area contributed by atoms with Gasteiger partial charge in [0.05, 0.1) is 0 Å². The molecule has 0 aliphatic carbocycles. The average molecular weight is 250 g/mol. The van der Waals surface area contributed by atoms with E-state index in [0.29, 0.717) is 11.6 Å². The number of nitrogens with zero attached hydrogens (tertiary/aromatic N) is 2. The lowest BCUT2D eigenvalue weighted by molar-refractivity contribution is 1.10. The number of fused-ring (bicyclic) bond motifs is 1. The Labute approximate surface area is 111 Å². The number of aromatic nitrogens is 2. The molecule has 4 heteroatoms. The van der Waals surface area contributed by atoms with Crippen molar-refractivity contribution >= 4 is 16.6 Å². The van der Waals surface area contributed by atoms with Crippen LogP contribution in [0.2, 0.25) is 0 Å². The molecule has 19 heavy (non-hydrogen) atoms. The van der Waals surface area contributed by atoms with Gasteiger partial charge in [0.25, 0.3) is 0 Å². The van der Waals surface area contributed by atoms with Crippen LogP contribution in [0, 0.1) is 6.92 Å². The summed E-state index contributed by atoms with van der Waals surface area (Å²) < 4.78 is 0. The van der Waals surface area contributed by atoms with Gasteiger partial charge in [0.2, 0.25) is 0 Å². The Hall–Kier alpha value is -2.46. The number of nitrogens with one attached hydrogen (secondary N) is 1. The molecule has 0 unspecified atom stereocenters. The zero-order valence-corrected chi connectivity index (χ0v) is 10.6. The van der Waals surface area contributed by atoms with Crippen molar-refractivity contribution < 1.29 is 0 Å². The quantitative estimate of drug-likeness (QED) is 0.542. The Morgan fingerprint density at radius 3 is 2.53 bits per heavy atom. The van der Waals surface area contributed by atoms with E-state index in [9.17, 15) is 0 Å². The molecule has 0 bridgehead atoms. The topological polar surface area (TPSA) is 63.8 Å². The summed E-state index contributed by atoms with van der Waals surface area (Å²) in [5.74, 6) is 6.72. The van der Waals surface area contributed by atoms with Crippen molar-refractivity contribution in [2.24, 2.45) is 5.84 Å². The molecule has 94 valence electrons. The molecule has 0 saturated heterocycles.